The number of pyridine rings is 1. The summed E-state index contributed by atoms with van der Waals surface area (Å²) in [6.07, 6.45) is 5.02. The van der Waals surface area contributed by atoms with E-state index in [0.29, 0.717) is 12.1 Å². The maximum absolute atomic E-state index is 4.41. The maximum Gasteiger partial charge on any atom is 0.191 e. The Hall–Kier alpha value is -2.93. The van der Waals surface area contributed by atoms with Crippen molar-refractivity contribution in [2.24, 2.45) is 4.99 Å². The highest BCUT2D eigenvalue weighted by Crippen LogP contribution is 2.19. The number of fused-ring (bicyclic) bond motifs is 1. The van der Waals surface area contributed by atoms with Crippen molar-refractivity contribution in [1.82, 2.24) is 30.1 Å². The zero-order chi connectivity index (χ0) is 20.8. The number of likely N-dealkylation sites (tertiary alicyclic amines) is 1. The molecule has 1 aliphatic heterocycles. The van der Waals surface area contributed by atoms with E-state index in [2.05, 4.69) is 68.0 Å². The molecule has 0 saturated carbocycles. The molecule has 0 radical (unpaired) electrons. The fourth-order valence-corrected chi connectivity index (χ4v) is 4.15. The van der Waals surface area contributed by atoms with Crippen LogP contribution in [0.25, 0.3) is 5.65 Å². The summed E-state index contributed by atoms with van der Waals surface area (Å²) in [6, 6.07) is 17.7. The molecular weight excluding hydrogens is 374 g/mol. The van der Waals surface area contributed by atoms with Gasteiger partial charge in [-0.1, -0.05) is 36.4 Å². The van der Waals surface area contributed by atoms with E-state index < -0.39 is 0 Å². The second-order valence-corrected chi connectivity index (χ2v) is 7.96. The molecule has 30 heavy (non-hydrogen) atoms. The van der Waals surface area contributed by atoms with Gasteiger partial charge >= 0.3 is 0 Å². The van der Waals surface area contributed by atoms with Gasteiger partial charge in [-0.2, -0.15) is 0 Å². The first-order chi connectivity index (χ1) is 14.7. The molecule has 2 N–H and O–H groups in total. The standard InChI is InChI=1S/C23H31N7/c1-18-16-20(12-15-29(18)17-19-8-4-3-5-9-19)26-23(24-2)25-13-11-22-28-27-21-10-6-7-14-30(21)22/h3-10,14,18,20H,11-13,15-17H2,1-2H3,(H2,24,25,26). The predicted octanol–water partition coefficient (Wildman–Crippen LogP) is 2.49. The fraction of sp³-hybridized carbons (Fsp3) is 0.435. The summed E-state index contributed by atoms with van der Waals surface area (Å²) in [6.45, 7) is 5.20. The van der Waals surface area contributed by atoms with Gasteiger partial charge < -0.3 is 10.6 Å². The third-order valence-corrected chi connectivity index (χ3v) is 5.83. The zero-order valence-corrected chi connectivity index (χ0v) is 17.8. The Morgan fingerprint density at radius 3 is 2.77 bits per heavy atom. The summed E-state index contributed by atoms with van der Waals surface area (Å²) in [4.78, 5) is 6.98. The Bertz CT molecular complexity index is 966. The largest absolute Gasteiger partial charge is 0.356 e. The lowest BCUT2D eigenvalue weighted by molar-refractivity contribution is 0.134. The van der Waals surface area contributed by atoms with Gasteiger partial charge in [0.15, 0.2) is 11.6 Å². The van der Waals surface area contributed by atoms with Crippen LogP contribution in [0.1, 0.15) is 31.2 Å². The molecule has 2 unspecified atom stereocenters. The van der Waals surface area contributed by atoms with Gasteiger partial charge in [-0.05, 0) is 37.5 Å². The molecule has 0 bridgehead atoms. The van der Waals surface area contributed by atoms with Gasteiger partial charge in [-0.15, -0.1) is 10.2 Å². The second kappa shape index (κ2) is 9.71. The first-order valence-electron chi connectivity index (χ1n) is 10.8. The lowest BCUT2D eigenvalue weighted by Gasteiger charge is -2.38. The minimum absolute atomic E-state index is 0.437. The summed E-state index contributed by atoms with van der Waals surface area (Å²) in [5.41, 5.74) is 2.26. The van der Waals surface area contributed by atoms with E-state index in [1.54, 1.807) is 0 Å². The first-order valence-corrected chi connectivity index (χ1v) is 10.8. The van der Waals surface area contributed by atoms with Crippen molar-refractivity contribution in [2.45, 2.75) is 44.8 Å². The van der Waals surface area contributed by atoms with Crippen LogP contribution in [-0.2, 0) is 13.0 Å². The topological polar surface area (TPSA) is 69.8 Å². The van der Waals surface area contributed by atoms with Crippen LogP contribution in [0.4, 0.5) is 0 Å². The SMILES string of the molecule is CN=C(NCCc1nnc2ccccn12)NC1CCN(Cc2ccccc2)C(C)C1. The molecule has 1 fully saturated rings. The van der Waals surface area contributed by atoms with Crippen LogP contribution in [0.5, 0.6) is 0 Å². The number of aliphatic imine (C=N–C) groups is 1. The maximum atomic E-state index is 4.41. The molecule has 4 rings (SSSR count). The molecule has 0 aliphatic carbocycles. The van der Waals surface area contributed by atoms with Crippen LogP contribution in [0, 0.1) is 0 Å². The van der Waals surface area contributed by atoms with Crippen LogP contribution in [-0.4, -0.2) is 57.7 Å². The summed E-state index contributed by atoms with van der Waals surface area (Å²) in [7, 11) is 1.83. The lowest BCUT2D eigenvalue weighted by Crippen LogP contribution is -2.51. The number of nitrogens with zero attached hydrogens (tertiary/aromatic N) is 5. The van der Waals surface area contributed by atoms with Gasteiger partial charge in [-0.25, -0.2) is 0 Å². The van der Waals surface area contributed by atoms with Crippen molar-refractivity contribution in [1.29, 1.82) is 0 Å². The van der Waals surface area contributed by atoms with Gasteiger partial charge in [-0.3, -0.25) is 14.3 Å². The zero-order valence-electron chi connectivity index (χ0n) is 17.8. The van der Waals surface area contributed by atoms with E-state index in [1.165, 1.54) is 5.56 Å². The molecule has 1 aromatic carbocycles. The predicted molar refractivity (Wildman–Crippen MR) is 121 cm³/mol. The summed E-state index contributed by atoms with van der Waals surface area (Å²) in [5, 5.41) is 15.5. The minimum atomic E-state index is 0.437. The molecule has 0 amide bonds. The van der Waals surface area contributed by atoms with Crippen LogP contribution in [0.3, 0.4) is 0 Å². The minimum Gasteiger partial charge on any atom is -0.356 e. The van der Waals surface area contributed by atoms with Gasteiger partial charge in [0.2, 0.25) is 0 Å². The number of hydrogen-bond acceptors (Lipinski definition) is 4. The van der Waals surface area contributed by atoms with Gasteiger partial charge in [0.1, 0.15) is 5.82 Å². The normalized spacial score (nSPS) is 20.4. The number of nitrogens with one attached hydrogen (secondary N) is 2. The summed E-state index contributed by atoms with van der Waals surface area (Å²) >= 11 is 0. The van der Waals surface area contributed by atoms with Crippen molar-refractivity contribution in [3.05, 3.63) is 66.1 Å². The lowest BCUT2D eigenvalue weighted by atomic mass is 9.97. The number of guanidine groups is 1. The van der Waals surface area contributed by atoms with Crippen molar-refractivity contribution in [2.75, 3.05) is 20.1 Å². The van der Waals surface area contributed by atoms with E-state index in [4.69, 9.17) is 0 Å². The number of benzene rings is 1. The smallest absolute Gasteiger partial charge is 0.191 e. The Morgan fingerprint density at radius 1 is 1.13 bits per heavy atom. The number of piperidine rings is 1. The third-order valence-electron chi connectivity index (χ3n) is 5.83. The Kier molecular flexibility index (Phi) is 6.59. The van der Waals surface area contributed by atoms with Crippen molar-refractivity contribution in [3.63, 3.8) is 0 Å². The van der Waals surface area contributed by atoms with Crippen molar-refractivity contribution in [3.8, 4) is 0 Å². The fourth-order valence-electron chi connectivity index (χ4n) is 4.15. The molecule has 1 saturated heterocycles. The molecule has 7 heteroatoms. The highest BCUT2D eigenvalue weighted by Gasteiger charge is 2.25. The molecule has 2 atom stereocenters. The van der Waals surface area contributed by atoms with Gasteiger partial charge in [0.25, 0.3) is 0 Å². The number of hydrogen-bond donors (Lipinski definition) is 2. The molecule has 2 aromatic heterocycles. The van der Waals surface area contributed by atoms with Crippen molar-refractivity contribution >= 4 is 11.6 Å². The molecular formula is C23H31N7. The molecule has 3 heterocycles. The Balaban J connectivity index is 1.24. The molecule has 0 spiro atoms. The van der Waals surface area contributed by atoms with Gasteiger partial charge in [0.05, 0.1) is 0 Å². The van der Waals surface area contributed by atoms with Crippen LogP contribution >= 0.6 is 0 Å². The Morgan fingerprint density at radius 2 is 1.97 bits per heavy atom. The Labute approximate surface area is 178 Å². The average Bonchev–Trinajstić information content (AvgIpc) is 3.19. The first kappa shape index (κ1) is 20.3. The molecule has 158 valence electrons. The van der Waals surface area contributed by atoms with Crippen LogP contribution in [0.2, 0.25) is 0 Å². The summed E-state index contributed by atoms with van der Waals surface area (Å²) in [5.74, 6) is 1.81. The highest BCUT2D eigenvalue weighted by molar-refractivity contribution is 5.79. The van der Waals surface area contributed by atoms with E-state index in [-0.39, 0.29) is 0 Å². The molecule has 7 nitrogen and oxygen atoms in total. The van der Waals surface area contributed by atoms with E-state index in [9.17, 15) is 0 Å². The number of rotatable bonds is 6. The molecule has 3 aromatic rings. The van der Waals surface area contributed by atoms with Crippen molar-refractivity contribution < 1.29 is 0 Å². The quantitative estimate of drug-likeness (QED) is 0.487. The van der Waals surface area contributed by atoms with E-state index in [0.717, 1.165) is 56.3 Å². The van der Waals surface area contributed by atoms with Gasteiger partial charge in [0, 0.05) is 51.4 Å². The van der Waals surface area contributed by atoms with E-state index >= 15 is 0 Å². The third kappa shape index (κ3) is 4.97. The van der Waals surface area contributed by atoms with Crippen LogP contribution in [0.15, 0.2) is 59.7 Å². The van der Waals surface area contributed by atoms with E-state index in [1.807, 2.05) is 35.8 Å². The number of aromatic nitrogens is 3. The average molecular weight is 406 g/mol. The monoisotopic (exact) mass is 405 g/mol. The summed E-state index contributed by atoms with van der Waals surface area (Å²) < 4.78 is 2.03. The second-order valence-electron chi connectivity index (χ2n) is 7.96. The van der Waals surface area contributed by atoms with Crippen LogP contribution < -0.4 is 10.6 Å². The molecule has 1 aliphatic rings. The highest BCUT2D eigenvalue weighted by atomic mass is 15.3.